The van der Waals surface area contributed by atoms with Gasteiger partial charge in [-0.25, -0.2) is 4.98 Å². The predicted octanol–water partition coefficient (Wildman–Crippen LogP) is 3.76. The molecule has 3 aromatic carbocycles. The molecule has 0 spiro atoms. The van der Waals surface area contributed by atoms with Gasteiger partial charge in [-0.2, -0.15) is 0 Å². The first-order chi connectivity index (χ1) is 16.5. The highest BCUT2D eigenvalue weighted by atomic mass is 16.5. The Morgan fingerprint density at radius 1 is 1.00 bits per heavy atom. The topological polar surface area (TPSA) is 105 Å². The van der Waals surface area contributed by atoms with Crippen molar-refractivity contribution in [2.45, 2.75) is 19.5 Å². The summed E-state index contributed by atoms with van der Waals surface area (Å²) in [6.45, 7) is 2.03. The number of hydrogen-bond donors (Lipinski definition) is 2. The number of phenols is 2. The van der Waals surface area contributed by atoms with Crippen LogP contribution < -0.4 is 4.90 Å². The number of aromatic hydroxyl groups is 2. The number of ether oxygens (including phenoxy) is 1. The third kappa shape index (κ3) is 3.53. The van der Waals surface area contributed by atoms with E-state index in [4.69, 9.17) is 9.72 Å². The summed E-state index contributed by atoms with van der Waals surface area (Å²) in [6.07, 6.45) is 0. The molecule has 0 saturated carbocycles. The van der Waals surface area contributed by atoms with Crippen LogP contribution in [-0.2, 0) is 20.9 Å². The van der Waals surface area contributed by atoms with Crippen molar-refractivity contribution < 1.29 is 24.5 Å². The largest absolute Gasteiger partial charge is 0.504 e. The molecular weight excluding hydrogens is 434 g/mol. The number of nitrogens with zero attached hydrogens (tertiary/aromatic N) is 3. The Morgan fingerprint density at radius 2 is 1.74 bits per heavy atom. The number of rotatable bonds is 5. The van der Waals surface area contributed by atoms with Gasteiger partial charge in [0.15, 0.2) is 17.4 Å². The number of amides is 1. The highest BCUT2D eigenvalue weighted by Crippen LogP contribution is 2.43. The summed E-state index contributed by atoms with van der Waals surface area (Å²) in [6, 6.07) is 20.4. The van der Waals surface area contributed by atoms with Crippen LogP contribution >= 0.6 is 0 Å². The summed E-state index contributed by atoms with van der Waals surface area (Å²) < 4.78 is 7.17. The number of aromatic nitrogens is 2. The molecule has 2 N–H and O–H groups in total. The number of imidazole rings is 1. The van der Waals surface area contributed by atoms with E-state index in [9.17, 15) is 19.8 Å². The average molecular weight is 457 g/mol. The number of carbonyl (C=O) groups excluding carboxylic acids is 2. The fraction of sp³-hybridized carbons (Fsp3) is 0.192. The lowest BCUT2D eigenvalue weighted by Gasteiger charge is -2.38. The molecule has 0 bridgehead atoms. The van der Waals surface area contributed by atoms with Gasteiger partial charge >= 0.3 is 5.97 Å². The third-order valence-electron chi connectivity index (χ3n) is 6.01. The highest BCUT2D eigenvalue weighted by molar-refractivity contribution is 6.08. The summed E-state index contributed by atoms with van der Waals surface area (Å²) in [5.41, 5.74) is 2.76. The Kier molecular flexibility index (Phi) is 5.41. The lowest BCUT2D eigenvalue weighted by Crippen LogP contribution is -2.49. The molecule has 0 fully saturated rings. The van der Waals surface area contributed by atoms with Gasteiger partial charge in [0.05, 0.1) is 30.2 Å². The van der Waals surface area contributed by atoms with Gasteiger partial charge in [-0.15, -0.1) is 0 Å². The summed E-state index contributed by atoms with van der Waals surface area (Å²) in [7, 11) is 0. The number of hydrogen-bond acceptors (Lipinski definition) is 6. The summed E-state index contributed by atoms with van der Waals surface area (Å²) in [5, 5.41) is 20.0. The maximum atomic E-state index is 13.9. The number of anilines is 1. The van der Waals surface area contributed by atoms with E-state index in [1.54, 1.807) is 13.0 Å². The predicted molar refractivity (Wildman–Crippen MR) is 125 cm³/mol. The van der Waals surface area contributed by atoms with Gasteiger partial charge in [0.2, 0.25) is 11.9 Å². The molecule has 1 amide bonds. The van der Waals surface area contributed by atoms with E-state index in [2.05, 4.69) is 0 Å². The first kappa shape index (κ1) is 21.5. The molecule has 1 aliphatic rings. The fourth-order valence-electron chi connectivity index (χ4n) is 4.49. The molecule has 4 aromatic rings. The van der Waals surface area contributed by atoms with E-state index in [1.165, 1.54) is 17.0 Å². The molecule has 0 radical (unpaired) electrons. The lowest BCUT2D eigenvalue weighted by atomic mass is 9.89. The molecule has 2 atom stereocenters. The van der Waals surface area contributed by atoms with E-state index in [0.29, 0.717) is 17.0 Å². The zero-order valence-electron chi connectivity index (χ0n) is 18.5. The Hall–Kier alpha value is -4.33. The summed E-state index contributed by atoms with van der Waals surface area (Å²) in [4.78, 5) is 33.3. The standard InChI is InChI=1S/C26H23N3O5/c1-2-34-25(33)22-23(17-12-13-20(30)21(31)14-17)29-19-11-7-6-10-18(19)27-26(29)28(24(22)32)15-16-8-4-3-5-9-16/h3-14,22-23,30-31H,2,15H2,1H3/t22-,23+/m0/s1. The zero-order chi connectivity index (χ0) is 23.8. The van der Waals surface area contributed by atoms with Crippen LogP contribution in [0.2, 0.25) is 0 Å². The Balaban J connectivity index is 1.76. The molecule has 172 valence electrons. The van der Waals surface area contributed by atoms with E-state index >= 15 is 0 Å². The van der Waals surface area contributed by atoms with Crippen molar-refractivity contribution in [1.29, 1.82) is 0 Å². The van der Waals surface area contributed by atoms with Crippen LogP contribution in [-0.4, -0.2) is 38.2 Å². The monoisotopic (exact) mass is 457 g/mol. The van der Waals surface area contributed by atoms with Crippen LogP contribution in [0.5, 0.6) is 11.5 Å². The zero-order valence-corrected chi connectivity index (χ0v) is 18.5. The molecular formula is C26H23N3O5. The lowest BCUT2D eigenvalue weighted by molar-refractivity contribution is -0.153. The minimum Gasteiger partial charge on any atom is -0.504 e. The van der Waals surface area contributed by atoms with Crippen molar-refractivity contribution in [3.05, 3.63) is 83.9 Å². The number of para-hydroxylation sites is 2. The maximum Gasteiger partial charge on any atom is 0.321 e. The minimum atomic E-state index is -1.21. The second-order valence-electron chi connectivity index (χ2n) is 8.10. The molecule has 8 heteroatoms. The molecule has 34 heavy (non-hydrogen) atoms. The Bertz CT molecular complexity index is 1380. The number of benzene rings is 3. The summed E-state index contributed by atoms with van der Waals surface area (Å²) >= 11 is 0. The number of esters is 1. The van der Waals surface area contributed by atoms with E-state index in [0.717, 1.165) is 11.1 Å². The first-order valence-electron chi connectivity index (χ1n) is 11.0. The maximum absolute atomic E-state index is 13.9. The Labute approximate surface area is 195 Å². The van der Waals surface area contributed by atoms with Crippen LogP contribution in [0.15, 0.2) is 72.8 Å². The summed E-state index contributed by atoms with van der Waals surface area (Å²) in [5.74, 6) is -2.55. The molecule has 8 nitrogen and oxygen atoms in total. The number of carbonyl (C=O) groups is 2. The van der Waals surface area contributed by atoms with Crippen LogP contribution in [0, 0.1) is 5.92 Å². The van der Waals surface area contributed by atoms with Crippen molar-refractivity contribution >= 4 is 28.9 Å². The first-order valence-corrected chi connectivity index (χ1v) is 11.0. The van der Waals surface area contributed by atoms with E-state index in [-0.39, 0.29) is 24.7 Å². The van der Waals surface area contributed by atoms with Gasteiger partial charge in [-0.1, -0.05) is 48.5 Å². The van der Waals surface area contributed by atoms with E-state index < -0.39 is 23.8 Å². The average Bonchev–Trinajstić information content (AvgIpc) is 3.22. The van der Waals surface area contributed by atoms with Gasteiger partial charge in [0.25, 0.3) is 0 Å². The quantitative estimate of drug-likeness (QED) is 0.269. The van der Waals surface area contributed by atoms with Crippen molar-refractivity contribution in [3.63, 3.8) is 0 Å². The van der Waals surface area contributed by atoms with Crippen LogP contribution in [0.1, 0.15) is 24.1 Å². The molecule has 0 unspecified atom stereocenters. The van der Waals surface area contributed by atoms with Gasteiger partial charge in [0, 0.05) is 0 Å². The highest BCUT2D eigenvalue weighted by Gasteiger charge is 2.48. The minimum absolute atomic E-state index is 0.117. The van der Waals surface area contributed by atoms with Crippen LogP contribution in [0.3, 0.4) is 0 Å². The number of fused-ring (bicyclic) bond motifs is 3. The molecule has 1 aliphatic heterocycles. The fourth-order valence-corrected chi connectivity index (χ4v) is 4.49. The van der Waals surface area contributed by atoms with Gasteiger partial charge in [0.1, 0.15) is 0 Å². The Morgan fingerprint density at radius 3 is 2.47 bits per heavy atom. The second kappa shape index (κ2) is 8.55. The van der Waals surface area contributed by atoms with Crippen molar-refractivity contribution in [2.75, 3.05) is 11.5 Å². The van der Waals surface area contributed by atoms with Crippen molar-refractivity contribution in [2.24, 2.45) is 5.92 Å². The van der Waals surface area contributed by atoms with Gasteiger partial charge in [-0.05, 0) is 42.3 Å². The van der Waals surface area contributed by atoms with Crippen LogP contribution in [0.25, 0.3) is 11.0 Å². The van der Waals surface area contributed by atoms with Crippen LogP contribution in [0.4, 0.5) is 5.95 Å². The van der Waals surface area contributed by atoms with Crippen molar-refractivity contribution in [3.8, 4) is 11.5 Å². The van der Waals surface area contributed by atoms with Crippen molar-refractivity contribution in [1.82, 2.24) is 9.55 Å². The molecule has 0 aliphatic carbocycles. The third-order valence-corrected chi connectivity index (χ3v) is 6.01. The molecule has 5 rings (SSSR count). The van der Waals surface area contributed by atoms with Gasteiger partial charge < -0.3 is 19.5 Å². The normalized spacial score (nSPS) is 17.6. The molecule has 0 saturated heterocycles. The smallest absolute Gasteiger partial charge is 0.321 e. The second-order valence-corrected chi connectivity index (χ2v) is 8.10. The number of phenolic OH excluding ortho intramolecular Hbond substituents is 2. The van der Waals surface area contributed by atoms with Gasteiger partial charge in [-0.3, -0.25) is 14.5 Å². The van der Waals surface area contributed by atoms with E-state index in [1.807, 2.05) is 59.2 Å². The SMILES string of the molecule is CCOC(=O)[C@@H]1C(=O)N(Cc2ccccc2)c2nc3ccccc3n2[C@@H]1c1ccc(O)c(O)c1. The molecule has 1 aromatic heterocycles. The molecule has 2 heterocycles.